The molecule has 0 unspecified atom stereocenters. The molecule has 2 aromatic rings. The zero-order valence-corrected chi connectivity index (χ0v) is 7.55. The Morgan fingerprint density at radius 2 is 2.00 bits per heavy atom. The van der Waals surface area contributed by atoms with Gasteiger partial charge >= 0.3 is 0 Å². The van der Waals surface area contributed by atoms with Gasteiger partial charge in [-0.25, -0.2) is 4.98 Å². The number of para-hydroxylation sites is 1. The normalized spacial score (nSPS) is 9.92. The summed E-state index contributed by atoms with van der Waals surface area (Å²) in [5.74, 6) is 0.649. The molecule has 0 amide bonds. The third-order valence-corrected chi connectivity index (χ3v) is 1.77. The predicted octanol–water partition coefficient (Wildman–Crippen LogP) is 2.81. The van der Waals surface area contributed by atoms with Crippen LogP contribution in [0.25, 0.3) is 0 Å². The number of aromatic amines is 1. The molecule has 13 heavy (non-hydrogen) atoms. The van der Waals surface area contributed by atoms with Crippen molar-refractivity contribution in [3.05, 3.63) is 41.7 Å². The summed E-state index contributed by atoms with van der Waals surface area (Å²) in [6.45, 7) is 0. The minimum absolute atomic E-state index is 0.526. The van der Waals surface area contributed by atoms with Crippen LogP contribution < -0.4 is 5.32 Å². The lowest BCUT2D eigenvalue weighted by molar-refractivity contribution is 1.29. The molecule has 66 valence electrons. The fraction of sp³-hybridized carbons (Fsp3) is 0. The first-order chi connectivity index (χ1) is 6.34. The molecular weight excluding hydrogens is 186 g/mol. The van der Waals surface area contributed by atoms with Gasteiger partial charge in [0.25, 0.3) is 0 Å². The first-order valence-electron chi connectivity index (χ1n) is 3.87. The number of benzene rings is 1. The first-order valence-corrected chi connectivity index (χ1v) is 4.25. The van der Waals surface area contributed by atoms with E-state index in [1.807, 2.05) is 30.3 Å². The van der Waals surface area contributed by atoms with Crippen LogP contribution in [0, 0.1) is 0 Å². The van der Waals surface area contributed by atoms with E-state index >= 15 is 0 Å². The molecule has 0 saturated heterocycles. The number of hydrogen-bond acceptors (Lipinski definition) is 2. The van der Waals surface area contributed by atoms with Gasteiger partial charge in [0.05, 0.1) is 6.20 Å². The van der Waals surface area contributed by atoms with E-state index in [-0.39, 0.29) is 0 Å². The minimum atomic E-state index is 0.526. The third kappa shape index (κ3) is 2.00. The Hall–Kier alpha value is -1.48. The van der Waals surface area contributed by atoms with Gasteiger partial charge in [-0.1, -0.05) is 29.8 Å². The van der Waals surface area contributed by atoms with Crippen LogP contribution in [0.3, 0.4) is 0 Å². The maximum atomic E-state index is 5.67. The van der Waals surface area contributed by atoms with Gasteiger partial charge < -0.3 is 10.3 Å². The number of hydrogen-bond donors (Lipinski definition) is 2. The monoisotopic (exact) mass is 193 g/mol. The summed E-state index contributed by atoms with van der Waals surface area (Å²) in [4.78, 5) is 6.88. The van der Waals surface area contributed by atoms with Crippen molar-refractivity contribution in [1.82, 2.24) is 9.97 Å². The second-order valence-corrected chi connectivity index (χ2v) is 2.98. The number of rotatable bonds is 2. The Balaban J connectivity index is 2.15. The summed E-state index contributed by atoms with van der Waals surface area (Å²) >= 11 is 5.67. The van der Waals surface area contributed by atoms with Crippen LogP contribution in [-0.2, 0) is 0 Å². The average Bonchev–Trinajstić information content (AvgIpc) is 2.53. The molecule has 0 bridgehead atoms. The van der Waals surface area contributed by atoms with E-state index in [4.69, 9.17) is 11.6 Å². The van der Waals surface area contributed by atoms with Gasteiger partial charge in [0.1, 0.15) is 5.15 Å². The van der Waals surface area contributed by atoms with Gasteiger partial charge in [-0.3, -0.25) is 0 Å². The van der Waals surface area contributed by atoms with E-state index in [2.05, 4.69) is 15.3 Å². The Bertz CT molecular complexity index is 383. The molecule has 0 saturated carbocycles. The highest BCUT2D eigenvalue weighted by atomic mass is 35.5. The third-order valence-electron chi connectivity index (χ3n) is 1.58. The summed E-state index contributed by atoms with van der Waals surface area (Å²) in [6, 6.07) is 9.77. The molecule has 2 rings (SSSR count). The van der Waals surface area contributed by atoms with Crippen LogP contribution >= 0.6 is 11.6 Å². The minimum Gasteiger partial charge on any atom is -0.326 e. The molecule has 1 aromatic carbocycles. The number of anilines is 2. The smallest absolute Gasteiger partial charge is 0.205 e. The van der Waals surface area contributed by atoms with E-state index < -0.39 is 0 Å². The van der Waals surface area contributed by atoms with Crippen LogP contribution in [0.2, 0.25) is 5.15 Å². The highest BCUT2D eigenvalue weighted by Gasteiger charge is 1.96. The number of H-pyrrole nitrogens is 1. The molecule has 0 aliphatic heterocycles. The lowest BCUT2D eigenvalue weighted by atomic mass is 10.3. The lowest BCUT2D eigenvalue weighted by Crippen LogP contribution is -1.90. The second-order valence-electron chi connectivity index (χ2n) is 2.57. The summed E-state index contributed by atoms with van der Waals surface area (Å²) in [5.41, 5.74) is 0.980. The van der Waals surface area contributed by atoms with Crippen LogP contribution in [0.15, 0.2) is 36.5 Å². The molecule has 0 radical (unpaired) electrons. The van der Waals surface area contributed by atoms with Crippen LogP contribution in [0.1, 0.15) is 0 Å². The summed E-state index contributed by atoms with van der Waals surface area (Å²) < 4.78 is 0. The molecule has 4 heteroatoms. The topological polar surface area (TPSA) is 40.7 Å². The van der Waals surface area contributed by atoms with E-state index in [0.29, 0.717) is 11.1 Å². The fourth-order valence-electron chi connectivity index (χ4n) is 1.02. The number of aromatic nitrogens is 2. The lowest BCUT2D eigenvalue weighted by Gasteiger charge is -2.00. The van der Waals surface area contributed by atoms with E-state index in [0.717, 1.165) is 5.69 Å². The Morgan fingerprint density at radius 1 is 1.23 bits per heavy atom. The van der Waals surface area contributed by atoms with Gasteiger partial charge in [0, 0.05) is 5.69 Å². The number of nitrogens with zero attached hydrogens (tertiary/aromatic N) is 1. The zero-order chi connectivity index (χ0) is 9.10. The van der Waals surface area contributed by atoms with Crippen molar-refractivity contribution in [1.29, 1.82) is 0 Å². The molecular formula is C9H8ClN3. The summed E-state index contributed by atoms with van der Waals surface area (Å²) in [6.07, 6.45) is 1.56. The Kier molecular flexibility index (Phi) is 2.19. The Morgan fingerprint density at radius 3 is 2.62 bits per heavy atom. The average molecular weight is 194 g/mol. The quantitative estimate of drug-likeness (QED) is 0.770. The maximum Gasteiger partial charge on any atom is 0.205 e. The van der Waals surface area contributed by atoms with Gasteiger partial charge in [0.2, 0.25) is 5.95 Å². The van der Waals surface area contributed by atoms with Crippen molar-refractivity contribution < 1.29 is 0 Å². The molecule has 1 heterocycles. The SMILES string of the molecule is Clc1cnc(Nc2ccccc2)[nH]1. The highest BCUT2D eigenvalue weighted by molar-refractivity contribution is 6.29. The standard InChI is InChI=1S/C9H8ClN3/c10-8-6-11-9(13-8)12-7-4-2-1-3-5-7/h1-6H,(H2,11,12,13). The number of halogens is 1. The van der Waals surface area contributed by atoms with Crippen molar-refractivity contribution in [2.75, 3.05) is 5.32 Å². The second kappa shape index (κ2) is 3.49. The van der Waals surface area contributed by atoms with E-state index in [1.165, 1.54) is 0 Å². The van der Waals surface area contributed by atoms with E-state index in [9.17, 15) is 0 Å². The number of imidazole rings is 1. The van der Waals surface area contributed by atoms with Gasteiger partial charge in [-0.05, 0) is 12.1 Å². The molecule has 0 atom stereocenters. The van der Waals surface area contributed by atoms with Crippen LogP contribution in [0.4, 0.5) is 11.6 Å². The van der Waals surface area contributed by atoms with Crippen molar-refractivity contribution in [3.8, 4) is 0 Å². The molecule has 0 aliphatic rings. The zero-order valence-electron chi connectivity index (χ0n) is 6.79. The fourth-order valence-corrected chi connectivity index (χ4v) is 1.16. The predicted molar refractivity (Wildman–Crippen MR) is 53.3 cm³/mol. The number of nitrogens with one attached hydrogen (secondary N) is 2. The van der Waals surface area contributed by atoms with Crippen molar-refractivity contribution in [2.24, 2.45) is 0 Å². The van der Waals surface area contributed by atoms with Gasteiger partial charge in [0.15, 0.2) is 0 Å². The summed E-state index contributed by atoms with van der Waals surface area (Å²) in [7, 11) is 0. The highest BCUT2D eigenvalue weighted by Crippen LogP contribution is 2.14. The van der Waals surface area contributed by atoms with Crippen molar-refractivity contribution >= 4 is 23.2 Å². The molecule has 0 spiro atoms. The molecule has 0 aliphatic carbocycles. The molecule has 0 fully saturated rings. The van der Waals surface area contributed by atoms with Crippen LogP contribution in [0.5, 0.6) is 0 Å². The largest absolute Gasteiger partial charge is 0.326 e. The van der Waals surface area contributed by atoms with Crippen LogP contribution in [-0.4, -0.2) is 9.97 Å². The molecule has 2 N–H and O–H groups in total. The van der Waals surface area contributed by atoms with E-state index in [1.54, 1.807) is 6.20 Å². The summed E-state index contributed by atoms with van der Waals surface area (Å²) in [5, 5.41) is 3.60. The van der Waals surface area contributed by atoms with Gasteiger partial charge in [-0.2, -0.15) is 0 Å². The molecule has 1 aromatic heterocycles. The van der Waals surface area contributed by atoms with Gasteiger partial charge in [-0.15, -0.1) is 0 Å². The maximum absolute atomic E-state index is 5.67. The first kappa shape index (κ1) is 8.13. The Labute approximate surface area is 80.8 Å². The van der Waals surface area contributed by atoms with Crippen molar-refractivity contribution in [3.63, 3.8) is 0 Å². The molecule has 3 nitrogen and oxygen atoms in total. The van der Waals surface area contributed by atoms with Crippen molar-refractivity contribution in [2.45, 2.75) is 0 Å².